The zero-order valence-electron chi connectivity index (χ0n) is 10.4. The lowest BCUT2D eigenvalue weighted by Gasteiger charge is -2.07. The van der Waals surface area contributed by atoms with Crippen molar-refractivity contribution in [2.45, 2.75) is 33.6 Å². The highest BCUT2D eigenvalue weighted by Gasteiger charge is 2.04. The van der Waals surface area contributed by atoms with Crippen molar-refractivity contribution in [2.24, 2.45) is 0 Å². The summed E-state index contributed by atoms with van der Waals surface area (Å²) in [4.78, 5) is 0. The summed E-state index contributed by atoms with van der Waals surface area (Å²) in [6, 6.07) is 5.72. The molecule has 0 heterocycles. The molecule has 16 heavy (non-hydrogen) atoms. The van der Waals surface area contributed by atoms with Gasteiger partial charge in [-0.15, -0.1) is 0 Å². The fraction of sp³-hybridized carbons (Fsp3) is 0.333. The average Bonchev–Trinajstić information content (AvgIpc) is 2.16. The minimum Gasteiger partial charge on any atom is -0.507 e. The van der Waals surface area contributed by atoms with Gasteiger partial charge in [0.1, 0.15) is 5.75 Å². The molecule has 0 spiro atoms. The Morgan fingerprint density at radius 3 is 2.62 bits per heavy atom. The van der Waals surface area contributed by atoms with E-state index in [-0.39, 0.29) is 0 Å². The number of aryl methyl sites for hydroxylation is 1. The molecule has 0 aliphatic heterocycles. The van der Waals surface area contributed by atoms with Crippen molar-refractivity contribution in [3.05, 3.63) is 47.6 Å². The highest BCUT2D eigenvalue weighted by molar-refractivity contribution is 5.68. The molecule has 86 valence electrons. The van der Waals surface area contributed by atoms with Crippen LogP contribution in [0.1, 0.15) is 37.8 Å². The van der Waals surface area contributed by atoms with Gasteiger partial charge in [-0.05, 0) is 50.8 Å². The fourth-order valence-electron chi connectivity index (χ4n) is 1.61. The minimum absolute atomic E-state index is 0.335. The van der Waals surface area contributed by atoms with Gasteiger partial charge >= 0.3 is 0 Å². The smallest absolute Gasteiger partial charge is 0.123 e. The molecule has 0 atom stereocenters. The number of benzene rings is 1. The van der Waals surface area contributed by atoms with Gasteiger partial charge in [0, 0.05) is 5.56 Å². The topological polar surface area (TPSA) is 20.2 Å². The predicted octanol–water partition coefficient (Wildman–Crippen LogP) is 4.46. The largest absolute Gasteiger partial charge is 0.507 e. The Morgan fingerprint density at radius 2 is 2.06 bits per heavy atom. The number of rotatable bonds is 4. The first kappa shape index (κ1) is 12.6. The van der Waals surface area contributed by atoms with Gasteiger partial charge in [0.15, 0.2) is 0 Å². The Kier molecular flexibility index (Phi) is 4.36. The summed E-state index contributed by atoms with van der Waals surface area (Å²) in [7, 11) is 0. The molecule has 0 saturated carbocycles. The van der Waals surface area contributed by atoms with Crippen LogP contribution in [0.5, 0.6) is 5.75 Å². The van der Waals surface area contributed by atoms with Gasteiger partial charge in [-0.2, -0.15) is 0 Å². The maximum Gasteiger partial charge on any atom is 0.123 e. The molecular formula is C15H20O. The van der Waals surface area contributed by atoms with E-state index in [1.54, 1.807) is 6.07 Å². The van der Waals surface area contributed by atoms with Gasteiger partial charge < -0.3 is 5.11 Å². The molecule has 0 saturated heterocycles. The van der Waals surface area contributed by atoms with Crippen LogP contribution in [0.25, 0.3) is 5.57 Å². The molecule has 0 fully saturated rings. The second-order valence-corrected chi connectivity index (χ2v) is 4.44. The maximum absolute atomic E-state index is 9.79. The summed E-state index contributed by atoms with van der Waals surface area (Å²) in [6.45, 7) is 10.2. The predicted molar refractivity (Wildman–Crippen MR) is 70.5 cm³/mol. The highest BCUT2D eigenvalue weighted by Crippen LogP contribution is 2.27. The third kappa shape index (κ3) is 3.58. The van der Waals surface area contributed by atoms with E-state index in [1.165, 1.54) is 5.57 Å². The number of hydrogen-bond acceptors (Lipinski definition) is 1. The first-order valence-corrected chi connectivity index (χ1v) is 5.62. The van der Waals surface area contributed by atoms with Crippen LogP contribution in [0, 0.1) is 6.92 Å². The van der Waals surface area contributed by atoms with Gasteiger partial charge in [0.2, 0.25) is 0 Å². The Labute approximate surface area is 98.1 Å². The SMILES string of the molecule is C=C(CCC=C(C)C)c1ccc(C)cc1O. The van der Waals surface area contributed by atoms with Crippen LogP contribution in [-0.2, 0) is 0 Å². The molecule has 1 heteroatoms. The van der Waals surface area contributed by atoms with Gasteiger partial charge in [0.05, 0.1) is 0 Å². The Hall–Kier alpha value is -1.50. The Morgan fingerprint density at radius 1 is 1.38 bits per heavy atom. The van der Waals surface area contributed by atoms with E-state index < -0.39 is 0 Å². The minimum atomic E-state index is 0.335. The number of hydrogen-bond donors (Lipinski definition) is 1. The molecule has 1 aromatic carbocycles. The first-order chi connectivity index (χ1) is 7.50. The molecule has 0 unspecified atom stereocenters. The van der Waals surface area contributed by atoms with Crippen LogP contribution in [0.3, 0.4) is 0 Å². The highest BCUT2D eigenvalue weighted by atomic mass is 16.3. The molecule has 1 rings (SSSR count). The van der Waals surface area contributed by atoms with E-state index >= 15 is 0 Å². The molecular weight excluding hydrogens is 196 g/mol. The lowest BCUT2D eigenvalue weighted by molar-refractivity contribution is 0.473. The maximum atomic E-state index is 9.79. The normalized spacial score (nSPS) is 9.94. The van der Waals surface area contributed by atoms with Crippen molar-refractivity contribution >= 4 is 5.57 Å². The first-order valence-electron chi connectivity index (χ1n) is 5.62. The monoisotopic (exact) mass is 216 g/mol. The summed E-state index contributed by atoms with van der Waals surface area (Å²) in [5, 5.41) is 9.79. The zero-order valence-corrected chi connectivity index (χ0v) is 10.4. The number of phenolic OH excluding ortho intramolecular Hbond substituents is 1. The number of aromatic hydroxyl groups is 1. The summed E-state index contributed by atoms with van der Waals surface area (Å²) in [5.41, 5.74) is 4.25. The number of phenols is 1. The van der Waals surface area contributed by atoms with E-state index in [0.717, 1.165) is 29.5 Å². The molecule has 0 aromatic heterocycles. The van der Waals surface area contributed by atoms with Crippen molar-refractivity contribution < 1.29 is 5.11 Å². The summed E-state index contributed by atoms with van der Waals surface area (Å²) in [6.07, 6.45) is 4.06. The van der Waals surface area contributed by atoms with Crippen LogP contribution >= 0.6 is 0 Å². The van der Waals surface area contributed by atoms with E-state index in [4.69, 9.17) is 0 Å². The molecule has 0 bridgehead atoms. The Balaban J connectivity index is 2.70. The molecule has 0 aliphatic rings. The lowest BCUT2D eigenvalue weighted by Crippen LogP contribution is -1.85. The Bertz CT molecular complexity index is 409. The fourth-order valence-corrected chi connectivity index (χ4v) is 1.61. The summed E-state index contributed by atoms with van der Waals surface area (Å²) in [5.74, 6) is 0.335. The summed E-state index contributed by atoms with van der Waals surface area (Å²) >= 11 is 0. The second kappa shape index (κ2) is 5.55. The summed E-state index contributed by atoms with van der Waals surface area (Å²) < 4.78 is 0. The van der Waals surface area contributed by atoms with E-state index in [0.29, 0.717) is 5.75 Å². The lowest BCUT2D eigenvalue weighted by atomic mass is 10.00. The van der Waals surface area contributed by atoms with Crippen molar-refractivity contribution in [2.75, 3.05) is 0 Å². The second-order valence-electron chi connectivity index (χ2n) is 4.44. The van der Waals surface area contributed by atoms with Crippen LogP contribution in [0.4, 0.5) is 0 Å². The van der Waals surface area contributed by atoms with Gasteiger partial charge in [0.25, 0.3) is 0 Å². The molecule has 0 amide bonds. The van der Waals surface area contributed by atoms with Crippen molar-refractivity contribution in [1.29, 1.82) is 0 Å². The van der Waals surface area contributed by atoms with E-state index in [1.807, 2.05) is 19.1 Å². The third-order valence-corrected chi connectivity index (χ3v) is 2.53. The number of allylic oxidation sites excluding steroid dienone is 3. The van der Waals surface area contributed by atoms with Gasteiger partial charge in [-0.25, -0.2) is 0 Å². The van der Waals surface area contributed by atoms with Crippen LogP contribution in [-0.4, -0.2) is 5.11 Å². The molecule has 1 N–H and O–H groups in total. The molecule has 0 radical (unpaired) electrons. The van der Waals surface area contributed by atoms with Crippen molar-refractivity contribution in [1.82, 2.24) is 0 Å². The van der Waals surface area contributed by atoms with Crippen molar-refractivity contribution in [3.63, 3.8) is 0 Å². The molecule has 1 aromatic rings. The standard InChI is InChI=1S/C15H20O/c1-11(2)6-5-7-13(4)14-9-8-12(3)10-15(14)16/h6,8-10,16H,4-5,7H2,1-3H3. The average molecular weight is 216 g/mol. The van der Waals surface area contributed by atoms with Gasteiger partial charge in [-0.3, -0.25) is 0 Å². The van der Waals surface area contributed by atoms with Crippen molar-refractivity contribution in [3.8, 4) is 5.75 Å². The zero-order chi connectivity index (χ0) is 12.1. The molecule has 0 aliphatic carbocycles. The third-order valence-electron chi connectivity index (χ3n) is 2.53. The van der Waals surface area contributed by atoms with Crippen LogP contribution < -0.4 is 0 Å². The molecule has 1 nitrogen and oxygen atoms in total. The quantitative estimate of drug-likeness (QED) is 0.737. The van der Waals surface area contributed by atoms with E-state index in [9.17, 15) is 5.11 Å². The van der Waals surface area contributed by atoms with E-state index in [2.05, 4.69) is 26.5 Å². The van der Waals surface area contributed by atoms with Crippen LogP contribution in [0.2, 0.25) is 0 Å². The van der Waals surface area contributed by atoms with Crippen LogP contribution in [0.15, 0.2) is 36.4 Å². The van der Waals surface area contributed by atoms with Gasteiger partial charge in [-0.1, -0.05) is 30.4 Å².